The zero-order chi connectivity index (χ0) is 33.4. The number of methoxy groups -OCH3 is 1. The summed E-state index contributed by atoms with van der Waals surface area (Å²) >= 11 is 0. The third-order valence-corrected chi connectivity index (χ3v) is 8.10. The summed E-state index contributed by atoms with van der Waals surface area (Å²) in [6.07, 6.45) is 1.54. The average molecular weight is 640 g/mol. The minimum atomic E-state index is -0.864. The van der Waals surface area contributed by atoms with Crippen LogP contribution in [0.1, 0.15) is 79.4 Å². The summed E-state index contributed by atoms with van der Waals surface area (Å²) in [5.41, 5.74) is 1.45. The van der Waals surface area contributed by atoms with Gasteiger partial charge in [0.15, 0.2) is 11.5 Å². The van der Waals surface area contributed by atoms with E-state index < -0.39 is 18.0 Å². The molecule has 1 fully saturated rings. The monoisotopic (exact) mass is 639 g/mol. The van der Waals surface area contributed by atoms with Gasteiger partial charge in [-0.2, -0.15) is 5.10 Å². The molecule has 0 saturated carbocycles. The first-order valence-corrected chi connectivity index (χ1v) is 15.9. The molecule has 2 atom stereocenters. The van der Waals surface area contributed by atoms with Crippen molar-refractivity contribution in [3.05, 3.63) is 41.2 Å². The van der Waals surface area contributed by atoms with Crippen LogP contribution in [0.15, 0.2) is 24.3 Å². The van der Waals surface area contributed by atoms with Crippen molar-refractivity contribution >= 4 is 29.5 Å². The lowest BCUT2D eigenvalue weighted by atomic mass is 10.1. The Morgan fingerprint density at radius 3 is 2.59 bits per heavy atom. The van der Waals surface area contributed by atoms with Gasteiger partial charge in [0, 0.05) is 31.7 Å². The van der Waals surface area contributed by atoms with Crippen LogP contribution in [0, 0.1) is 0 Å². The van der Waals surface area contributed by atoms with Gasteiger partial charge in [0.05, 0.1) is 25.9 Å². The van der Waals surface area contributed by atoms with Crippen LogP contribution in [-0.4, -0.2) is 108 Å². The van der Waals surface area contributed by atoms with Crippen LogP contribution < -0.4 is 25.4 Å². The molecule has 14 nitrogen and oxygen atoms in total. The molecule has 1 saturated heterocycles. The predicted octanol–water partition coefficient (Wildman–Crippen LogP) is 1.30. The second kappa shape index (κ2) is 15.6. The van der Waals surface area contributed by atoms with Gasteiger partial charge < -0.3 is 35.2 Å². The highest BCUT2D eigenvalue weighted by atomic mass is 16.5. The van der Waals surface area contributed by atoms with Crippen LogP contribution in [0.4, 0.5) is 0 Å². The smallest absolute Gasteiger partial charge is 0.272 e. The van der Waals surface area contributed by atoms with Gasteiger partial charge in [-0.1, -0.05) is 13.8 Å². The summed E-state index contributed by atoms with van der Waals surface area (Å²) in [6, 6.07) is 4.87. The molecule has 1 aromatic heterocycles. The summed E-state index contributed by atoms with van der Waals surface area (Å²) in [5.74, 6) is -1.02. The predicted molar refractivity (Wildman–Crippen MR) is 169 cm³/mol. The van der Waals surface area contributed by atoms with Crippen molar-refractivity contribution in [1.29, 1.82) is 0 Å². The largest absolute Gasteiger partial charge is 0.493 e. The van der Waals surface area contributed by atoms with Gasteiger partial charge >= 0.3 is 0 Å². The number of nitrogens with one attached hydrogen (secondary N) is 3. The Labute approximate surface area is 269 Å². The molecule has 5 rings (SSSR count). The summed E-state index contributed by atoms with van der Waals surface area (Å²) in [7, 11) is 1.45. The molecule has 2 aromatic rings. The van der Waals surface area contributed by atoms with E-state index in [0.717, 1.165) is 5.69 Å². The van der Waals surface area contributed by atoms with Gasteiger partial charge in [0.1, 0.15) is 24.4 Å². The number of carbonyl (C=O) groups is 5. The van der Waals surface area contributed by atoms with Gasteiger partial charge in [0.25, 0.3) is 11.8 Å². The molecule has 4 heterocycles. The number of rotatable bonds is 4. The molecule has 0 radical (unpaired) electrons. The maximum absolute atomic E-state index is 13.7. The zero-order valence-electron chi connectivity index (χ0n) is 27.3. The fraction of sp³-hybridized carbons (Fsp3) is 0.562. The molecule has 46 heavy (non-hydrogen) atoms. The highest BCUT2D eigenvalue weighted by Gasteiger charge is 2.36. The Morgan fingerprint density at radius 2 is 1.87 bits per heavy atom. The van der Waals surface area contributed by atoms with E-state index >= 15 is 0 Å². The Morgan fingerprint density at radius 1 is 1.09 bits per heavy atom. The Bertz CT molecular complexity index is 1440. The number of hydrogen-bond acceptors (Lipinski definition) is 8. The van der Waals surface area contributed by atoms with Crippen molar-refractivity contribution < 1.29 is 33.4 Å². The lowest BCUT2D eigenvalue weighted by Gasteiger charge is -2.27. The number of benzene rings is 1. The molecule has 0 unspecified atom stereocenters. The molecule has 5 amide bonds. The molecule has 14 heteroatoms. The molecule has 3 aliphatic rings. The Hall–Kier alpha value is -4.62. The van der Waals surface area contributed by atoms with Gasteiger partial charge in [-0.25, -0.2) is 0 Å². The fourth-order valence-corrected chi connectivity index (χ4v) is 5.55. The highest BCUT2D eigenvalue weighted by molar-refractivity contribution is 5.99. The number of amides is 5. The number of ether oxygens (including phenoxy) is 2. The van der Waals surface area contributed by atoms with Crippen LogP contribution >= 0.6 is 0 Å². The number of nitrogens with zero attached hydrogens (tertiary/aromatic N) is 4. The maximum atomic E-state index is 13.7. The first-order chi connectivity index (χ1) is 22.0. The zero-order valence-corrected chi connectivity index (χ0v) is 27.3. The van der Waals surface area contributed by atoms with E-state index in [1.165, 1.54) is 23.0 Å². The van der Waals surface area contributed by atoms with Crippen LogP contribution in [0.25, 0.3) is 0 Å². The van der Waals surface area contributed by atoms with E-state index in [1.54, 1.807) is 29.8 Å². The second-order valence-electron chi connectivity index (χ2n) is 11.7. The third-order valence-electron chi connectivity index (χ3n) is 8.10. The lowest BCUT2D eigenvalue weighted by molar-refractivity contribution is -0.139. The number of aromatic nitrogens is 2. The fourth-order valence-electron chi connectivity index (χ4n) is 5.55. The van der Waals surface area contributed by atoms with Crippen molar-refractivity contribution in [2.24, 2.45) is 0 Å². The molecule has 3 N–H and O–H groups in total. The first kappa shape index (κ1) is 34.3. The van der Waals surface area contributed by atoms with Gasteiger partial charge in [-0.15, -0.1) is 0 Å². The average Bonchev–Trinajstić information content (AvgIpc) is 3.71. The number of fused-ring (bicyclic) bond motifs is 16. The molecule has 3 aliphatic heterocycles. The van der Waals surface area contributed by atoms with E-state index in [0.29, 0.717) is 49.5 Å². The Kier molecular flexibility index (Phi) is 11.6. The summed E-state index contributed by atoms with van der Waals surface area (Å²) < 4.78 is 12.9. The van der Waals surface area contributed by atoms with E-state index in [-0.39, 0.29) is 67.9 Å². The van der Waals surface area contributed by atoms with Crippen molar-refractivity contribution in [3.8, 4) is 11.5 Å². The van der Waals surface area contributed by atoms with Gasteiger partial charge in [-0.3, -0.25) is 28.7 Å². The first-order valence-electron chi connectivity index (χ1n) is 15.9. The highest BCUT2D eigenvalue weighted by Crippen LogP contribution is 2.28. The molecule has 1 aromatic carbocycles. The second-order valence-corrected chi connectivity index (χ2v) is 11.7. The number of carbonyl (C=O) groups excluding carboxylic acids is 5. The van der Waals surface area contributed by atoms with E-state index in [9.17, 15) is 24.0 Å². The topological polar surface area (TPSA) is 164 Å². The molecule has 0 aliphatic carbocycles. The van der Waals surface area contributed by atoms with Gasteiger partial charge in [-0.05, 0) is 63.3 Å². The van der Waals surface area contributed by atoms with Crippen LogP contribution in [0.3, 0.4) is 0 Å². The van der Waals surface area contributed by atoms with Crippen LogP contribution in [0.2, 0.25) is 0 Å². The molecular weight excluding hydrogens is 594 g/mol. The summed E-state index contributed by atoms with van der Waals surface area (Å²) in [6.45, 7) is 8.89. The van der Waals surface area contributed by atoms with Crippen molar-refractivity contribution in [1.82, 2.24) is 35.5 Å². The number of hydrogen-bond donors (Lipinski definition) is 3. The minimum Gasteiger partial charge on any atom is -0.493 e. The summed E-state index contributed by atoms with van der Waals surface area (Å²) in [5, 5.41) is 13.0. The van der Waals surface area contributed by atoms with E-state index in [2.05, 4.69) is 21.0 Å². The molecule has 2 bridgehead atoms. The van der Waals surface area contributed by atoms with Gasteiger partial charge in [0.2, 0.25) is 17.7 Å². The molecule has 0 spiro atoms. The SMILES string of the molecule is CCn1nc(C(C)C)cc1C(=O)N1CCCNC(=O)[C@H]2CCCN2C(=O)[C@H](C)NC(=O)c2ccc(c(OC)c2)OCCNC(=O)C1. The molecule has 250 valence electrons. The van der Waals surface area contributed by atoms with Crippen molar-refractivity contribution in [2.75, 3.05) is 46.4 Å². The van der Waals surface area contributed by atoms with E-state index in [1.807, 2.05) is 20.8 Å². The Balaban J connectivity index is 1.56. The number of aryl methyl sites for hydroxylation is 1. The lowest BCUT2D eigenvalue weighted by Crippen LogP contribution is -2.52. The van der Waals surface area contributed by atoms with Crippen LogP contribution in [0.5, 0.6) is 11.5 Å². The summed E-state index contributed by atoms with van der Waals surface area (Å²) in [4.78, 5) is 69.2. The van der Waals surface area contributed by atoms with Crippen LogP contribution in [-0.2, 0) is 20.9 Å². The van der Waals surface area contributed by atoms with Crippen molar-refractivity contribution in [2.45, 2.75) is 71.5 Å². The quantitative estimate of drug-likeness (QED) is 0.422. The maximum Gasteiger partial charge on any atom is 0.272 e. The van der Waals surface area contributed by atoms with Crippen molar-refractivity contribution in [3.63, 3.8) is 0 Å². The normalized spacial score (nSPS) is 20.7. The van der Waals surface area contributed by atoms with E-state index in [4.69, 9.17) is 9.47 Å². The minimum absolute atomic E-state index is 0.108. The molecular formula is C32H45N7O7. The standard InChI is InChI=1S/C32H45N7O7/c1-6-39-25(18-23(36-39)20(2)3)32(44)37-14-8-12-34-30(42)24-9-7-15-38(24)31(43)21(4)35-29(41)22-10-11-26(27(17-22)45-5)46-16-13-33-28(40)19-37/h10-11,17-18,20-21,24H,6-9,12-16,19H2,1-5H3,(H,33,40)(H,34,42)(H,35,41)/t21-,24+/m0/s1. The third kappa shape index (κ3) is 8.15.